The van der Waals surface area contributed by atoms with Gasteiger partial charge < -0.3 is 9.66 Å². The van der Waals surface area contributed by atoms with E-state index in [1.165, 1.54) is 30.3 Å². The Labute approximate surface area is 155 Å². The third-order valence-corrected chi connectivity index (χ3v) is 5.59. The Bertz CT molecular complexity index is 985. The van der Waals surface area contributed by atoms with Crippen molar-refractivity contribution in [2.24, 2.45) is 0 Å². The molecule has 2 aromatic carbocycles. The van der Waals surface area contributed by atoms with E-state index in [2.05, 4.69) is 0 Å². The minimum atomic E-state index is -2.72. The maximum atomic E-state index is 13.1. The minimum Gasteiger partial charge on any atom is -0.755 e. The predicted octanol–water partition coefficient (Wildman–Crippen LogP) is 4.49. The Balaban J connectivity index is 2.18. The lowest BCUT2D eigenvalue weighted by Crippen LogP contribution is -2.21. The number of thiophene rings is 1. The van der Waals surface area contributed by atoms with Crippen LogP contribution in [0.4, 0.5) is 15.8 Å². The van der Waals surface area contributed by atoms with Crippen LogP contribution in [-0.4, -0.2) is 19.8 Å². The van der Waals surface area contributed by atoms with Gasteiger partial charge in [-0.3, -0.25) is 8.51 Å². The number of rotatable bonds is 5. The van der Waals surface area contributed by atoms with Crippen LogP contribution in [0.2, 0.25) is 0 Å². The van der Waals surface area contributed by atoms with Gasteiger partial charge in [0.15, 0.2) is 0 Å². The molecule has 1 heterocycles. The molecule has 0 radical (unpaired) electrons. The first-order chi connectivity index (χ1) is 12.4. The van der Waals surface area contributed by atoms with Gasteiger partial charge in [0.1, 0.15) is 10.7 Å². The second-order valence-corrected chi connectivity index (χ2v) is 7.29. The molecule has 1 unspecified atom stereocenters. The van der Waals surface area contributed by atoms with E-state index in [9.17, 15) is 23.1 Å². The topological polar surface area (TPSA) is 80.7 Å². The third-order valence-electron chi connectivity index (χ3n) is 3.74. The van der Waals surface area contributed by atoms with Crippen molar-refractivity contribution >= 4 is 39.9 Å². The van der Waals surface area contributed by atoms with E-state index in [-0.39, 0.29) is 10.6 Å². The average Bonchev–Trinajstić information content (AvgIpc) is 3.02. The molecule has 0 saturated heterocycles. The fourth-order valence-electron chi connectivity index (χ4n) is 2.52. The van der Waals surface area contributed by atoms with Crippen LogP contribution in [0.25, 0.3) is 10.4 Å². The van der Waals surface area contributed by atoms with Gasteiger partial charge in [-0.05, 0) is 42.3 Å². The summed E-state index contributed by atoms with van der Waals surface area (Å²) in [6.07, 6.45) is 0. The van der Waals surface area contributed by atoms with Crippen molar-refractivity contribution in [2.45, 2.75) is 6.92 Å². The summed E-state index contributed by atoms with van der Waals surface area (Å²) in [5.41, 5.74) is 1.70. The molecule has 134 valence electrons. The van der Waals surface area contributed by atoms with Crippen LogP contribution < -0.4 is 4.31 Å². The molecule has 8 heteroatoms. The normalized spacial score (nSPS) is 12.0. The second-order valence-electron chi connectivity index (χ2n) is 5.44. The molecule has 3 rings (SSSR count). The van der Waals surface area contributed by atoms with E-state index < -0.39 is 23.1 Å². The maximum absolute atomic E-state index is 13.1. The highest BCUT2D eigenvalue weighted by molar-refractivity contribution is 7.81. The lowest BCUT2D eigenvalue weighted by molar-refractivity contribution is 0.0703. The number of halogens is 1. The summed E-state index contributed by atoms with van der Waals surface area (Å²) in [5, 5.41) is 9.54. The predicted molar refractivity (Wildman–Crippen MR) is 98.9 cm³/mol. The summed E-state index contributed by atoms with van der Waals surface area (Å²) in [6.45, 7) is 1.74. The van der Waals surface area contributed by atoms with Gasteiger partial charge in [-0.15, -0.1) is 11.3 Å². The highest BCUT2D eigenvalue weighted by atomic mass is 32.2. The van der Waals surface area contributed by atoms with Gasteiger partial charge in [0.2, 0.25) is 0 Å². The molecule has 5 nitrogen and oxygen atoms in total. The Kier molecular flexibility index (Phi) is 5.17. The van der Waals surface area contributed by atoms with Crippen LogP contribution in [0.5, 0.6) is 0 Å². The number of hydrogen-bond acceptors (Lipinski definition) is 4. The number of para-hydroxylation sites is 1. The van der Waals surface area contributed by atoms with E-state index in [4.69, 9.17) is 0 Å². The molecule has 1 atom stereocenters. The Morgan fingerprint density at radius 1 is 1.15 bits per heavy atom. The molecule has 0 spiro atoms. The van der Waals surface area contributed by atoms with Gasteiger partial charge in [-0.1, -0.05) is 30.3 Å². The van der Waals surface area contributed by atoms with E-state index in [0.29, 0.717) is 21.7 Å². The quantitative estimate of drug-likeness (QED) is 0.651. The van der Waals surface area contributed by atoms with Crippen LogP contribution in [0, 0.1) is 12.7 Å². The van der Waals surface area contributed by atoms with Crippen molar-refractivity contribution in [1.82, 2.24) is 0 Å². The number of nitrogens with zero attached hydrogens (tertiary/aromatic N) is 1. The van der Waals surface area contributed by atoms with Gasteiger partial charge in [0, 0.05) is 4.88 Å². The van der Waals surface area contributed by atoms with Gasteiger partial charge in [-0.25, -0.2) is 9.18 Å². The summed E-state index contributed by atoms with van der Waals surface area (Å²) >= 11 is -1.79. The van der Waals surface area contributed by atoms with Crippen molar-refractivity contribution in [3.05, 3.63) is 70.9 Å². The van der Waals surface area contributed by atoms with Crippen molar-refractivity contribution in [1.29, 1.82) is 0 Å². The van der Waals surface area contributed by atoms with Gasteiger partial charge in [0.25, 0.3) is 0 Å². The Morgan fingerprint density at radius 2 is 1.81 bits per heavy atom. The highest BCUT2D eigenvalue weighted by Crippen LogP contribution is 2.41. The third kappa shape index (κ3) is 3.52. The Morgan fingerprint density at radius 3 is 2.38 bits per heavy atom. The van der Waals surface area contributed by atoms with E-state index in [1.54, 1.807) is 31.2 Å². The van der Waals surface area contributed by atoms with Crippen LogP contribution >= 0.6 is 11.3 Å². The number of aryl methyl sites for hydroxylation is 1. The van der Waals surface area contributed by atoms with Crippen molar-refractivity contribution < 1.29 is 23.1 Å². The second kappa shape index (κ2) is 7.36. The number of aromatic carboxylic acids is 1. The zero-order valence-electron chi connectivity index (χ0n) is 13.5. The number of carboxylic acids is 1. The Hall–Kier alpha value is -2.55. The molecule has 1 N–H and O–H groups in total. The summed E-state index contributed by atoms with van der Waals surface area (Å²) < 4.78 is 37.9. The summed E-state index contributed by atoms with van der Waals surface area (Å²) in [6, 6.07) is 13.8. The van der Waals surface area contributed by atoms with Gasteiger partial charge >= 0.3 is 5.97 Å². The van der Waals surface area contributed by atoms with Crippen LogP contribution in [-0.2, 0) is 11.3 Å². The van der Waals surface area contributed by atoms with Crippen molar-refractivity contribution in [2.75, 3.05) is 4.31 Å². The lowest BCUT2D eigenvalue weighted by atomic mass is 10.1. The van der Waals surface area contributed by atoms with Crippen molar-refractivity contribution in [3.8, 4) is 10.4 Å². The maximum Gasteiger partial charge on any atom is 0.348 e. The summed E-state index contributed by atoms with van der Waals surface area (Å²) in [7, 11) is 0. The minimum absolute atomic E-state index is 0.0458. The zero-order valence-corrected chi connectivity index (χ0v) is 15.1. The monoisotopic (exact) mass is 390 g/mol. The van der Waals surface area contributed by atoms with Crippen molar-refractivity contribution in [3.63, 3.8) is 0 Å². The standard InChI is InChI=1S/C18H14FNO4S2/c1-11-4-2-3-5-14(11)20(26(23)24)15-10-16(25-17(15)18(21)22)12-6-8-13(19)9-7-12/h2-10H,1H3,(H,21,22)(H,23,24)/p-1. The number of benzene rings is 2. The highest BCUT2D eigenvalue weighted by Gasteiger charge is 2.24. The molecule has 0 amide bonds. The summed E-state index contributed by atoms with van der Waals surface area (Å²) in [4.78, 5) is 12.1. The molecule has 3 aromatic rings. The molecule has 0 saturated carbocycles. The fraction of sp³-hybridized carbons (Fsp3) is 0.0556. The van der Waals surface area contributed by atoms with Crippen LogP contribution in [0.1, 0.15) is 15.2 Å². The number of anilines is 2. The SMILES string of the molecule is Cc1ccccc1N(c1cc(-c2ccc(F)cc2)sc1C(=O)O)S(=O)[O-]. The van der Waals surface area contributed by atoms with Crippen LogP contribution in [0.15, 0.2) is 54.6 Å². The van der Waals surface area contributed by atoms with Gasteiger partial charge in [-0.2, -0.15) is 0 Å². The molecule has 26 heavy (non-hydrogen) atoms. The molecule has 1 aromatic heterocycles. The molecule has 0 fully saturated rings. The fourth-order valence-corrected chi connectivity index (χ4v) is 4.24. The smallest absolute Gasteiger partial charge is 0.348 e. The number of hydrogen-bond donors (Lipinski definition) is 1. The first-order valence-electron chi connectivity index (χ1n) is 7.46. The molecular weight excluding hydrogens is 377 g/mol. The van der Waals surface area contributed by atoms with E-state index >= 15 is 0 Å². The zero-order chi connectivity index (χ0) is 18.8. The molecule has 0 aliphatic heterocycles. The number of carbonyl (C=O) groups is 1. The molecular formula is C18H13FNO4S2-. The molecule has 0 bridgehead atoms. The summed E-state index contributed by atoms with van der Waals surface area (Å²) in [5.74, 6) is -1.64. The van der Waals surface area contributed by atoms with Crippen LogP contribution in [0.3, 0.4) is 0 Å². The molecule has 0 aliphatic carbocycles. The lowest BCUT2D eigenvalue weighted by Gasteiger charge is -2.27. The van der Waals surface area contributed by atoms with Gasteiger partial charge in [0.05, 0.1) is 22.6 Å². The van der Waals surface area contributed by atoms with E-state index in [1.807, 2.05) is 0 Å². The van der Waals surface area contributed by atoms with E-state index in [0.717, 1.165) is 15.6 Å². The first kappa shape index (κ1) is 18.2. The number of carboxylic acid groups (broad SMARTS) is 1. The first-order valence-corrected chi connectivity index (χ1v) is 9.31. The average molecular weight is 390 g/mol. The largest absolute Gasteiger partial charge is 0.755 e. The molecule has 0 aliphatic rings.